The van der Waals surface area contributed by atoms with Gasteiger partial charge in [0, 0.05) is 0 Å². The van der Waals surface area contributed by atoms with Gasteiger partial charge in [0.1, 0.15) is 4.32 Å². The van der Waals surface area contributed by atoms with Crippen molar-refractivity contribution in [3.8, 4) is 0 Å². The van der Waals surface area contributed by atoms with Gasteiger partial charge >= 0.3 is 5.97 Å². The van der Waals surface area contributed by atoms with Gasteiger partial charge in [0.05, 0.1) is 0 Å². The molecule has 52 valence electrons. The van der Waals surface area contributed by atoms with E-state index in [1.807, 2.05) is 0 Å². The molecule has 0 saturated heterocycles. The molecule has 3 heteroatoms. The third kappa shape index (κ3) is 1.82. The Morgan fingerprint density at radius 3 is 2.44 bits per heavy atom. The van der Waals surface area contributed by atoms with Gasteiger partial charge in [0.25, 0.3) is 0 Å². The van der Waals surface area contributed by atoms with E-state index in [0.717, 1.165) is 0 Å². The Hall–Kier alpha value is -0.310. The van der Waals surface area contributed by atoms with Crippen LogP contribution in [0.15, 0.2) is 12.7 Å². The second-order valence-electron chi connectivity index (χ2n) is 1.73. The molecular weight excluding hydrogens is 184 g/mol. The summed E-state index contributed by atoms with van der Waals surface area (Å²) in [7, 11) is 0. The maximum absolute atomic E-state index is 10.4. The van der Waals surface area contributed by atoms with Crippen LogP contribution in [0.1, 0.15) is 13.3 Å². The second kappa shape index (κ2) is 3.01. The normalized spacial score (nSPS) is 16.2. The van der Waals surface area contributed by atoms with E-state index < -0.39 is 10.3 Å². The van der Waals surface area contributed by atoms with Gasteiger partial charge in [0.2, 0.25) is 0 Å². The van der Waals surface area contributed by atoms with Gasteiger partial charge in [-0.05, 0) is 6.42 Å². The molecule has 0 amide bonds. The number of carboxylic acid groups (broad SMARTS) is 1. The maximum Gasteiger partial charge on any atom is 0.324 e. The molecule has 0 radical (unpaired) electrons. The average molecular weight is 193 g/mol. The summed E-state index contributed by atoms with van der Waals surface area (Å²) in [5, 5.41) is 8.51. The number of rotatable bonds is 3. The molecule has 0 heterocycles. The Kier molecular flexibility index (Phi) is 2.91. The van der Waals surface area contributed by atoms with Crippen LogP contribution in [-0.2, 0) is 4.79 Å². The van der Waals surface area contributed by atoms with Gasteiger partial charge in [-0.1, -0.05) is 28.9 Å². The van der Waals surface area contributed by atoms with Gasteiger partial charge in [-0.2, -0.15) is 0 Å². The second-order valence-corrected chi connectivity index (χ2v) is 3.14. The Morgan fingerprint density at radius 1 is 2.00 bits per heavy atom. The van der Waals surface area contributed by atoms with Crippen molar-refractivity contribution in [2.75, 3.05) is 0 Å². The number of halogens is 1. The van der Waals surface area contributed by atoms with Gasteiger partial charge in [-0.25, -0.2) is 0 Å². The molecule has 0 rings (SSSR count). The van der Waals surface area contributed by atoms with Crippen LogP contribution in [0, 0.1) is 0 Å². The van der Waals surface area contributed by atoms with Crippen molar-refractivity contribution in [1.82, 2.24) is 0 Å². The topological polar surface area (TPSA) is 37.3 Å². The maximum atomic E-state index is 10.4. The monoisotopic (exact) mass is 192 g/mol. The molecule has 1 atom stereocenters. The zero-order valence-corrected chi connectivity index (χ0v) is 6.81. The lowest BCUT2D eigenvalue weighted by molar-refractivity contribution is -0.138. The molecule has 1 N–H and O–H groups in total. The molecule has 0 aliphatic heterocycles. The highest BCUT2D eigenvalue weighted by molar-refractivity contribution is 9.10. The van der Waals surface area contributed by atoms with Gasteiger partial charge in [-0.15, -0.1) is 6.58 Å². The molecule has 0 bridgehead atoms. The highest BCUT2D eigenvalue weighted by Crippen LogP contribution is 2.23. The first-order chi connectivity index (χ1) is 4.06. The van der Waals surface area contributed by atoms with E-state index in [2.05, 4.69) is 22.5 Å². The summed E-state index contributed by atoms with van der Waals surface area (Å²) in [5.74, 6) is -0.889. The fourth-order valence-corrected chi connectivity index (χ4v) is 0.383. The lowest BCUT2D eigenvalue weighted by Crippen LogP contribution is -2.27. The first kappa shape index (κ1) is 8.69. The highest BCUT2D eigenvalue weighted by Gasteiger charge is 2.28. The summed E-state index contributed by atoms with van der Waals surface area (Å²) < 4.78 is -0.924. The minimum absolute atomic E-state index is 0.506. The van der Waals surface area contributed by atoms with E-state index in [9.17, 15) is 4.79 Å². The van der Waals surface area contributed by atoms with Gasteiger partial charge in [-0.3, -0.25) is 4.79 Å². The summed E-state index contributed by atoms with van der Waals surface area (Å²) in [5.41, 5.74) is 0. The molecule has 0 aromatic rings. The Morgan fingerprint density at radius 2 is 2.44 bits per heavy atom. The van der Waals surface area contributed by atoms with Crippen LogP contribution in [0.4, 0.5) is 0 Å². The predicted octanol–water partition coefficient (Wildman–Crippen LogP) is 1.80. The summed E-state index contributed by atoms with van der Waals surface area (Å²) in [6.45, 7) is 5.18. The number of hydrogen-bond acceptors (Lipinski definition) is 1. The van der Waals surface area contributed by atoms with Crippen LogP contribution in [0.3, 0.4) is 0 Å². The third-order valence-electron chi connectivity index (χ3n) is 1.19. The minimum Gasteiger partial charge on any atom is -0.480 e. The van der Waals surface area contributed by atoms with E-state index in [1.165, 1.54) is 6.08 Å². The fourth-order valence-electron chi connectivity index (χ4n) is 0.383. The number of aliphatic carboxylic acids is 1. The number of carboxylic acids is 1. The first-order valence-electron chi connectivity index (χ1n) is 2.62. The molecule has 0 spiro atoms. The van der Waals surface area contributed by atoms with Crippen molar-refractivity contribution < 1.29 is 9.90 Å². The molecule has 0 saturated carbocycles. The number of alkyl halides is 1. The minimum atomic E-state index is -0.924. The van der Waals surface area contributed by atoms with Gasteiger partial charge < -0.3 is 5.11 Å². The SMILES string of the molecule is C=CC(Br)(CC)C(=O)O. The third-order valence-corrected chi connectivity index (χ3v) is 2.42. The lowest BCUT2D eigenvalue weighted by Gasteiger charge is -2.13. The van der Waals surface area contributed by atoms with Crippen molar-refractivity contribution in [2.24, 2.45) is 0 Å². The fraction of sp³-hybridized carbons (Fsp3) is 0.500. The van der Waals surface area contributed by atoms with E-state index in [-0.39, 0.29) is 0 Å². The Balaban J connectivity index is 4.27. The molecule has 0 fully saturated rings. The Labute approximate surface area is 62.7 Å². The van der Waals surface area contributed by atoms with Crippen LogP contribution >= 0.6 is 15.9 Å². The number of hydrogen-bond donors (Lipinski definition) is 1. The van der Waals surface area contributed by atoms with E-state index >= 15 is 0 Å². The Bertz CT molecular complexity index is 133. The van der Waals surface area contributed by atoms with E-state index in [4.69, 9.17) is 5.11 Å². The summed E-state index contributed by atoms with van der Waals surface area (Å²) in [6, 6.07) is 0. The number of carbonyl (C=O) groups is 1. The van der Waals surface area contributed by atoms with Crippen LogP contribution in [0.5, 0.6) is 0 Å². The van der Waals surface area contributed by atoms with E-state index in [0.29, 0.717) is 6.42 Å². The van der Waals surface area contributed by atoms with Crippen molar-refractivity contribution in [2.45, 2.75) is 17.7 Å². The highest BCUT2D eigenvalue weighted by atomic mass is 79.9. The zero-order valence-electron chi connectivity index (χ0n) is 5.22. The van der Waals surface area contributed by atoms with Crippen LogP contribution in [-0.4, -0.2) is 15.4 Å². The van der Waals surface area contributed by atoms with Crippen molar-refractivity contribution in [3.05, 3.63) is 12.7 Å². The smallest absolute Gasteiger partial charge is 0.324 e. The van der Waals surface area contributed by atoms with Crippen molar-refractivity contribution in [3.63, 3.8) is 0 Å². The van der Waals surface area contributed by atoms with E-state index in [1.54, 1.807) is 6.92 Å². The average Bonchev–Trinajstić information content (AvgIpc) is 1.86. The summed E-state index contributed by atoms with van der Waals surface area (Å²) >= 11 is 3.03. The molecule has 2 nitrogen and oxygen atoms in total. The molecule has 0 aromatic heterocycles. The molecule has 0 aliphatic rings. The van der Waals surface area contributed by atoms with Gasteiger partial charge in [0.15, 0.2) is 0 Å². The molecule has 1 unspecified atom stereocenters. The quantitative estimate of drug-likeness (QED) is 0.548. The van der Waals surface area contributed by atoms with Crippen molar-refractivity contribution in [1.29, 1.82) is 0 Å². The molecule has 0 aliphatic carbocycles. The first-order valence-corrected chi connectivity index (χ1v) is 3.42. The van der Waals surface area contributed by atoms with Crippen LogP contribution < -0.4 is 0 Å². The van der Waals surface area contributed by atoms with Crippen LogP contribution in [0.25, 0.3) is 0 Å². The summed E-state index contributed by atoms with van der Waals surface area (Å²) in [6.07, 6.45) is 1.89. The lowest BCUT2D eigenvalue weighted by atomic mass is 10.1. The standard InChI is InChI=1S/C6H9BrO2/c1-3-6(7,4-2)5(8)9/h3H,1,4H2,2H3,(H,8,9). The van der Waals surface area contributed by atoms with Crippen LogP contribution in [0.2, 0.25) is 0 Å². The predicted molar refractivity (Wildman–Crippen MR) is 39.8 cm³/mol. The zero-order chi connectivity index (χ0) is 7.49. The molecule has 0 aromatic carbocycles. The molecule has 9 heavy (non-hydrogen) atoms. The van der Waals surface area contributed by atoms with Crippen molar-refractivity contribution >= 4 is 21.9 Å². The molecular formula is C6H9BrO2. The summed E-state index contributed by atoms with van der Waals surface area (Å²) in [4.78, 5) is 10.4. The largest absolute Gasteiger partial charge is 0.480 e.